The SMILES string of the molecule is C=CCOc1ccc(C2/C(=C(\O)c3ccc(OC(C)C)c(C)c3)C(=O)C(=O)N2CCCN2CCOCC2)cc1OC. The zero-order valence-electron chi connectivity index (χ0n) is 24.4. The van der Waals surface area contributed by atoms with Gasteiger partial charge in [0, 0.05) is 31.7 Å². The number of likely N-dealkylation sites (tertiary alicyclic amines) is 1. The van der Waals surface area contributed by atoms with Gasteiger partial charge in [-0.2, -0.15) is 0 Å². The number of benzene rings is 2. The van der Waals surface area contributed by atoms with E-state index in [1.807, 2.05) is 20.8 Å². The second kappa shape index (κ2) is 13.7. The standard InChI is InChI=1S/C32H40N2O7/c1-6-16-40-26-11-8-23(20-27(26)38-5)29-28(30(35)24-9-10-25(22(4)19-24)41-21(2)3)31(36)32(37)34(29)13-7-12-33-14-17-39-18-15-33/h6,8-11,19-21,29,35H,1,7,12-18H2,2-5H3/b30-28+. The number of Topliss-reactive ketones (excluding diaryl/α,β-unsaturated/α-hetero) is 1. The first-order chi connectivity index (χ1) is 19.7. The molecule has 9 nitrogen and oxygen atoms in total. The quantitative estimate of drug-likeness (QED) is 0.174. The Bertz CT molecular complexity index is 1300. The van der Waals surface area contributed by atoms with Gasteiger partial charge in [0.25, 0.3) is 11.7 Å². The number of ketones is 1. The van der Waals surface area contributed by atoms with Gasteiger partial charge >= 0.3 is 0 Å². The molecule has 0 aliphatic carbocycles. The highest BCUT2D eigenvalue weighted by Crippen LogP contribution is 2.42. The third kappa shape index (κ3) is 6.92. The number of rotatable bonds is 12. The summed E-state index contributed by atoms with van der Waals surface area (Å²) in [5.41, 5.74) is 1.92. The highest BCUT2D eigenvalue weighted by atomic mass is 16.5. The van der Waals surface area contributed by atoms with Crippen molar-refractivity contribution in [1.82, 2.24) is 9.80 Å². The number of morpholine rings is 1. The summed E-state index contributed by atoms with van der Waals surface area (Å²) in [5, 5.41) is 11.5. The van der Waals surface area contributed by atoms with E-state index in [4.69, 9.17) is 18.9 Å². The first-order valence-electron chi connectivity index (χ1n) is 14.0. The number of hydrogen-bond acceptors (Lipinski definition) is 8. The molecule has 1 unspecified atom stereocenters. The van der Waals surface area contributed by atoms with Gasteiger partial charge in [-0.05, 0) is 68.7 Å². The topological polar surface area (TPSA) is 97.8 Å². The molecule has 1 amide bonds. The molecule has 1 atom stereocenters. The Morgan fingerprint density at radius 3 is 2.49 bits per heavy atom. The number of ether oxygens (including phenoxy) is 4. The minimum absolute atomic E-state index is 0.00987. The molecule has 2 saturated heterocycles. The van der Waals surface area contributed by atoms with Crippen molar-refractivity contribution in [3.63, 3.8) is 0 Å². The molecule has 0 bridgehead atoms. The molecule has 0 radical (unpaired) electrons. The minimum Gasteiger partial charge on any atom is -0.507 e. The number of carbonyl (C=O) groups excluding carboxylic acids is 2. The van der Waals surface area contributed by atoms with Crippen LogP contribution in [0.2, 0.25) is 0 Å². The fourth-order valence-electron chi connectivity index (χ4n) is 5.21. The fourth-order valence-corrected chi connectivity index (χ4v) is 5.21. The third-order valence-corrected chi connectivity index (χ3v) is 7.19. The number of methoxy groups -OCH3 is 1. The first-order valence-corrected chi connectivity index (χ1v) is 14.0. The van der Waals surface area contributed by atoms with Crippen LogP contribution in [0.5, 0.6) is 17.2 Å². The largest absolute Gasteiger partial charge is 0.507 e. The number of aliphatic hydroxyl groups excluding tert-OH is 1. The van der Waals surface area contributed by atoms with E-state index in [0.717, 1.165) is 25.2 Å². The van der Waals surface area contributed by atoms with Gasteiger partial charge < -0.3 is 29.0 Å². The van der Waals surface area contributed by atoms with Gasteiger partial charge in [-0.25, -0.2) is 0 Å². The molecule has 2 fully saturated rings. The van der Waals surface area contributed by atoms with Crippen molar-refractivity contribution in [1.29, 1.82) is 0 Å². The summed E-state index contributed by atoms with van der Waals surface area (Å²) in [4.78, 5) is 30.8. The zero-order chi connectivity index (χ0) is 29.5. The van der Waals surface area contributed by atoms with Crippen molar-refractivity contribution >= 4 is 17.4 Å². The van der Waals surface area contributed by atoms with E-state index >= 15 is 0 Å². The Morgan fingerprint density at radius 2 is 1.83 bits per heavy atom. The van der Waals surface area contributed by atoms with E-state index in [1.54, 1.807) is 47.4 Å². The Morgan fingerprint density at radius 1 is 1.10 bits per heavy atom. The van der Waals surface area contributed by atoms with E-state index in [1.165, 1.54) is 7.11 Å². The van der Waals surface area contributed by atoms with Gasteiger partial charge in [0.15, 0.2) is 11.5 Å². The Labute approximate surface area is 241 Å². The lowest BCUT2D eigenvalue weighted by Crippen LogP contribution is -2.39. The van der Waals surface area contributed by atoms with Crippen LogP contribution in [0.4, 0.5) is 0 Å². The van der Waals surface area contributed by atoms with E-state index < -0.39 is 17.7 Å². The van der Waals surface area contributed by atoms with Crippen LogP contribution in [0.25, 0.3) is 5.76 Å². The molecule has 2 aromatic rings. The molecule has 0 saturated carbocycles. The van der Waals surface area contributed by atoms with Crippen LogP contribution in [0, 0.1) is 6.92 Å². The van der Waals surface area contributed by atoms with Crippen molar-refractivity contribution < 1.29 is 33.6 Å². The van der Waals surface area contributed by atoms with E-state index in [9.17, 15) is 14.7 Å². The highest BCUT2D eigenvalue weighted by Gasteiger charge is 2.46. The molecule has 9 heteroatoms. The van der Waals surface area contributed by atoms with Crippen molar-refractivity contribution in [2.45, 2.75) is 39.3 Å². The maximum atomic E-state index is 13.5. The van der Waals surface area contributed by atoms with Crippen molar-refractivity contribution in [3.05, 3.63) is 71.3 Å². The van der Waals surface area contributed by atoms with Crippen LogP contribution in [-0.4, -0.2) is 85.8 Å². The molecule has 0 spiro atoms. The maximum Gasteiger partial charge on any atom is 0.295 e. The summed E-state index contributed by atoms with van der Waals surface area (Å²) in [6, 6.07) is 9.74. The molecule has 220 valence electrons. The predicted octanol–water partition coefficient (Wildman–Crippen LogP) is 4.50. The van der Waals surface area contributed by atoms with Gasteiger partial charge in [0.2, 0.25) is 0 Å². The highest BCUT2D eigenvalue weighted by molar-refractivity contribution is 6.46. The monoisotopic (exact) mass is 564 g/mol. The lowest BCUT2D eigenvalue weighted by Gasteiger charge is -2.29. The summed E-state index contributed by atoms with van der Waals surface area (Å²) in [5.74, 6) is 0.0720. The molecular formula is C32H40N2O7. The number of nitrogens with zero attached hydrogens (tertiary/aromatic N) is 2. The number of hydrogen-bond donors (Lipinski definition) is 1. The molecule has 4 rings (SSSR count). The summed E-state index contributed by atoms with van der Waals surface area (Å²) < 4.78 is 22.6. The number of aliphatic hydroxyl groups is 1. The van der Waals surface area contributed by atoms with E-state index in [-0.39, 0.29) is 17.4 Å². The minimum atomic E-state index is -0.797. The molecule has 1 N–H and O–H groups in total. The summed E-state index contributed by atoms with van der Waals surface area (Å²) in [6.45, 7) is 13.9. The Balaban J connectivity index is 1.73. The van der Waals surface area contributed by atoms with E-state index in [0.29, 0.717) is 61.2 Å². The third-order valence-electron chi connectivity index (χ3n) is 7.19. The summed E-state index contributed by atoms with van der Waals surface area (Å²) >= 11 is 0. The molecule has 2 aromatic carbocycles. The van der Waals surface area contributed by atoms with Crippen LogP contribution in [-0.2, 0) is 14.3 Å². The van der Waals surface area contributed by atoms with Gasteiger partial charge in [-0.3, -0.25) is 14.5 Å². The number of amides is 1. The first kappa shape index (κ1) is 30.1. The molecule has 41 heavy (non-hydrogen) atoms. The number of aryl methyl sites for hydroxylation is 1. The van der Waals surface area contributed by atoms with Gasteiger partial charge in [0.05, 0.1) is 38.0 Å². The average Bonchev–Trinajstić information content (AvgIpc) is 3.22. The predicted molar refractivity (Wildman–Crippen MR) is 157 cm³/mol. The van der Waals surface area contributed by atoms with Crippen LogP contribution in [0.1, 0.15) is 43.0 Å². The molecule has 2 aliphatic heterocycles. The van der Waals surface area contributed by atoms with Gasteiger partial charge in [0.1, 0.15) is 18.1 Å². The smallest absolute Gasteiger partial charge is 0.295 e. The number of carbonyl (C=O) groups is 2. The van der Waals surface area contributed by atoms with Gasteiger partial charge in [-0.15, -0.1) is 0 Å². The molecule has 2 heterocycles. The van der Waals surface area contributed by atoms with Crippen molar-refractivity contribution in [2.75, 3.05) is 53.1 Å². The van der Waals surface area contributed by atoms with Crippen molar-refractivity contribution in [3.8, 4) is 17.2 Å². The molecule has 2 aliphatic rings. The zero-order valence-corrected chi connectivity index (χ0v) is 24.4. The maximum absolute atomic E-state index is 13.5. The lowest BCUT2D eigenvalue weighted by atomic mass is 9.94. The average molecular weight is 565 g/mol. The fraction of sp³-hybridized carbons (Fsp3) is 0.438. The lowest BCUT2D eigenvalue weighted by molar-refractivity contribution is -0.140. The Kier molecular flexibility index (Phi) is 10.1. The van der Waals surface area contributed by atoms with Crippen LogP contribution >= 0.6 is 0 Å². The van der Waals surface area contributed by atoms with Crippen molar-refractivity contribution in [2.24, 2.45) is 0 Å². The second-order valence-corrected chi connectivity index (χ2v) is 10.5. The summed E-state index contributed by atoms with van der Waals surface area (Å²) in [7, 11) is 1.53. The van der Waals surface area contributed by atoms with Crippen LogP contribution < -0.4 is 14.2 Å². The summed E-state index contributed by atoms with van der Waals surface area (Å²) in [6.07, 6.45) is 2.29. The molecular weight excluding hydrogens is 524 g/mol. The Hall–Kier alpha value is -3.82. The molecule has 0 aromatic heterocycles. The van der Waals surface area contributed by atoms with Crippen LogP contribution in [0.15, 0.2) is 54.6 Å². The normalized spacial score (nSPS) is 19.0. The van der Waals surface area contributed by atoms with Crippen LogP contribution in [0.3, 0.4) is 0 Å². The van der Waals surface area contributed by atoms with E-state index in [2.05, 4.69) is 11.5 Å². The van der Waals surface area contributed by atoms with Gasteiger partial charge in [-0.1, -0.05) is 18.7 Å². The second-order valence-electron chi connectivity index (χ2n) is 10.5.